The fourth-order valence-corrected chi connectivity index (χ4v) is 5.62. The largest absolute Gasteiger partial charge is 0.507 e. The number of rotatable bonds is 9. The Hall–Kier alpha value is -5.12. The summed E-state index contributed by atoms with van der Waals surface area (Å²) < 4.78 is 72.7. The van der Waals surface area contributed by atoms with Gasteiger partial charge in [0.1, 0.15) is 34.7 Å². The second kappa shape index (κ2) is 13.4. The molecule has 3 aromatic carbocycles. The zero-order chi connectivity index (χ0) is 35.8. The highest BCUT2D eigenvalue weighted by atomic mass is 19.4. The van der Waals surface area contributed by atoms with E-state index >= 15 is 0 Å². The molecular weight excluding hydrogens is 655 g/mol. The molecule has 0 unspecified atom stereocenters. The Morgan fingerprint density at radius 3 is 2.37 bits per heavy atom. The molecule has 0 bridgehead atoms. The van der Waals surface area contributed by atoms with Crippen molar-refractivity contribution in [3.05, 3.63) is 93.3 Å². The van der Waals surface area contributed by atoms with Crippen LogP contribution in [0.1, 0.15) is 40.9 Å². The van der Waals surface area contributed by atoms with Crippen molar-refractivity contribution in [1.29, 1.82) is 0 Å². The number of methoxy groups -OCH3 is 1. The van der Waals surface area contributed by atoms with Crippen molar-refractivity contribution in [1.82, 2.24) is 0 Å². The van der Waals surface area contributed by atoms with Crippen molar-refractivity contribution >= 4 is 22.8 Å². The van der Waals surface area contributed by atoms with E-state index in [1.807, 2.05) is 0 Å². The third kappa shape index (κ3) is 7.33. The first-order chi connectivity index (χ1) is 23.0. The standard InChI is InChI=1S/C34H32F3NO11/c1-16-24(46-31-26(41)28(48-32(38)43)29(44-4)33(2,3)49-31)12-11-21-25(40)22(30(42)47-27(16)21)15-23(39)17-7-5-9-19(13-17)45-20-10-6-8-18(14-20)34(35,36)37/h5-14,26,28-29,31,40-41H,15H2,1-4H3,(H2,38,43)/t26-,28+,29-,31-/m1/s1. The van der Waals surface area contributed by atoms with E-state index in [2.05, 4.69) is 0 Å². The number of aliphatic hydroxyl groups is 1. The van der Waals surface area contributed by atoms with Crippen LogP contribution in [-0.4, -0.2) is 59.4 Å². The van der Waals surface area contributed by atoms with E-state index in [1.165, 1.54) is 62.6 Å². The Morgan fingerprint density at radius 1 is 1.04 bits per heavy atom. The van der Waals surface area contributed by atoms with Crippen molar-refractivity contribution in [2.24, 2.45) is 5.73 Å². The molecule has 1 aromatic heterocycles. The van der Waals surface area contributed by atoms with Crippen LogP contribution < -0.4 is 20.8 Å². The minimum absolute atomic E-state index is 0.0617. The minimum atomic E-state index is -4.57. The van der Waals surface area contributed by atoms with E-state index in [1.54, 1.807) is 13.8 Å². The van der Waals surface area contributed by atoms with E-state index in [0.29, 0.717) is 0 Å². The van der Waals surface area contributed by atoms with Crippen molar-refractivity contribution in [3.63, 3.8) is 0 Å². The Labute approximate surface area is 276 Å². The van der Waals surface area contributed by atoms with Gasteiger partial charge in [-0.05, 0) is 63.2 Å². The number of aliphatic hydroxyl groups excluding tert-OH is 1. The van der Waals surface area contributed by atoms with E-state index in [4.69, 9.17) is 33.8 Å². The van der Waals surface area contributed by atoms with Gasteiger partial charge < -0.3 is 44.0 Å². The molecule has 0 radical (unpaired) electrons. The third-order valence-electron chi connectivity index (χ3n) is 8.00. The number of carbonyl (C=O) groups is 2. The van der Waals surface area contributed by atoms with Crippen LogP contribution in [0.3, 0.4) is 0 Å². The van der Waals surface area contributed by atoms with Gasteiger partial charge >= 0.3 is 17.9 Å². The van der Waals surface area contributed by atoms with Gasteiger partial charge in [-0.3, -0.25) is 4.79 Å². The minimum Gasteiger partial charge on any atom is -0.507 e. The molecule has 49 heavy (non-hydrogen) atoms. The van der Waals surface area contributed by atoms with Crippen molar-refractivity contribution in [3.8, 4) is 23.0 Å². The first-order valence-corrected chi connectivity index (χ1v) is 14.8. The average molecular weight is 688 g/mol. The fraction of sp³-hybridized carbons (Fsp3) is 0.324. The third-order valence-corrected chi connectivity index (χ3v) is 8.00. The lowest BCUT2D eigenvalue weighted by atomic mass is 9.89. The highest BCUT2D eigenvalue weighted by Gasteiger charge is 2.53. The predicted molar refractivity (Wildman–Crippen MR) is 166 cm³/mol. The zero-order valence-electron chi connectivity index (χ0n) is 26.6. The maximum absolute atomic E-state index is 13.2. The molecule has 4 aromatic rings. The summed E-state index contributed by atoms with van der Waals surface area (Å²) in [5, 5.41) is 22.1. The lowest BCUT2D eigenvalue weighted by Crippen LogP contribution is -2.65. The lowest BCUT2D eigenvalue weighted by molar-refractivity contribution is -0.304. The van der Waals surface area contributed by atoms with Crippen molar-refractivity contribution in [2.75, 3.05) is 7.11 Å². The fourth-order valence-electron chi connectivity index (χ4n) is 5.62. The second-order valence-corrected chi connectivity index (χ2v) is 11.8. The van der Waals surface area contributed by atoms with Crippen LogP contribution in [0.15, 0.2) is 69.9 Å². The SMILES string of the molecule is CO[C@@H]1[C@@H](OC(N)=O)[C@@H](O)[C@H](Oc2ccc3c(O)c(CC(=O)c4cccc(Oc5cccc(C(F)(F)F)c5)c4)c(=O)oc3c2C)OC1(C)C. The smallest absolute Gasteiger partial charge is 0.416 e. The lowest BCUT2D eigenvalue weighted by Gasteiger charge is -2.47. The highest BCUT2D eigenvalue weighted by molar-refractivity contribution is 5.99. The van der Waals surface area contributed by atoms with Gasteiger partial charge in [0.15, 0.2) is 18.0 Å². The van der Waals surface area contributed by atoms with Crippen LogP contribution >= 0.6 is 0 Å². The van der Waals surface area contributed by atoms with Gasteiger partial charge in [-0.2, -0.15) is 13.2 Å². The van der Waals surface area contributed by atoms with Crippen molar-refractivity contribution in [2.45, 2.75) is 63.6 Å². The summed E-state index contributed by atoms with van der Waals surface area (Å²) in [4.78, 5) is 37.8. The van der Waals surface area contributed by atoms with Gasteiger partial charge in [0.25, 0.3) is 0 Å². The summed E-state index contributed by atoms with van der Waals surface area (Å²) in [6, 6.07) is 12.7. The number of amides is 1. The van der Waals surface area contributed by atoms with Crippen LogP contribution in [-0.2, 0) is 26.8 Å². The molecule has 5 rings (SSSR count). The number of fused-ring (bicyclic) bond motifs is 1. The van der Waals surface area contributed by atoms with E-state index in [9.17, 15) is 37.8 Å². The van der Waals surface area contributed by atoms with Crippen LogP contribution in [0.25, 0.3) is 11.0 Å². The van der Waals surface area contributed by atoms with Crippen LogP contribution in [0.4, 0.5) is 18.0 Å². The number of Topliss-reactive ketones (excluding diaryl/α,β-unsaturated/α-hetero) is 1. The molecule has 0 aliphatic carbocycles. The molecule has 1 aliphatic heterocycles. The number of aromatic hydroxyl groups is 1. The van der Waals surface area contributed by atoms with Crippen molar-refractivity contribution < 1.29 is 61.1 Å². The summed E-state index contributed by atoms with van der Waals surface area (Å²) in [6.45, 7) is 4.79. The van der Waals surface area contributed by atoms with E-state index in [0.717, 1.165) is 12.1 Å². The number of primary amides is 1. The number of nitrogens with two attached hydrogens (primary N) is 1. The Balaban J connectivity index is 1.38. The summed E-state index contributed by atoms with van der Waals surface area (Å²) >= 11 is 0. The van der Waals surface area contributed by atoms with Crippen LogP contribution in [0.5, 0.6) is 23.0 Å². The summed E-state index contributed by atoms with van der Waals surface area (Å²) in [7, 11) is 1.35. The van der Waals surface area contributed by atoms with Gasteiger partial charge in [0.05, 0.1) is 22.1 Å². The summed E-state index contributed by atoms with van der Waals surface area (Å²) in [6.07, 6.45) is -11.4. The molecule has 0 saturated carbocycles. The van der Waals surface area contributed by atoms with Gasteiger partial charge in [-0.1, -0.05) is 18.2 Å². The molecule has 1 amide bonds. The second-order valence-electron chi connectivity index (χ2n) is 11.8. The maximum atomic E-state index is 13.2. The number of ether oxygens (including phenoxy) is 5. The number of aryl methyl sites for hydroxylation is 1. The number of carbonyl (C=O) groups excluding carboxylic acids is 2. The molecule has 1 saturated heterocycles. The first kappa shape index (κ1) is 35.2. The van der Waals surface area contributed by atoms with E-state index < -0.39 is 71.6 Å². The number of benzene rings is 3. The molecule has 0 spiro atoms. The number of hydrogen-bond acceptors (Lipinski definition) is 11. The van der Waals surface area contributed by atoms with Gasteiger partial charge in [-0.25, -0.2) is 9.59 Å². The maximum Gasteiger partial charge on any atom is 0.416 e. The van der Waals surface area contributed by atoms with Gasteiger partial charge in [-0.15, -0.1) is 0 Å². The summed E-state index contributed by atoms with van der Waals surface area (Å²) in [5.41, 5.74) is 2.04. The number of halogens is 3. The molecular formula is C34H32F3NO11. The Kier molecular flexibility index (Phi) is 9.63. The van der Waals surface area contributed by atoms with E-state index in [-0.39, 0.29) is 44.9 Å². The molecule has 4 atom stereocenters. The number of ketones is 1. The zero-order valence-corrected chi connectivity index (χ0v) is 26.6. The Bertz CT molecular complexity index is 1960. The molecule has 15 heteroatoms. The average Bonchev–Trinajstić information content (AvgIpc) is 3.02. The topological polar surface area (TPSA) is 177 Å². The predicted octanol–water partition coefficient (Wildman–Crippen LogP) is 5.40. The molecule has 1 aliphatic rings. The summed E-state index contributed by atoms with van der Waals surface area (Å²) in [5.74, 6) is -1.06. The van der Waals surface area contributed by atoms with Gasteiger partial charge in [0.2, 0.25) is 6.29 Å². The Morgan fingerprint density at radius 2 is 1.71 bits per heavy atom. The first-order valence-electron chi connectivity index (χ1n) is 14.8. The molecule has 1 fully saturated rings. The number of hydrogen-bond donors (Lipinski definition) is 3. The highest BCUT2D eigenvalue weighted by Crippen LogP contribution is 2.38. The monoisotopic (exact) mass is 687 g/mol. The molecule has 12 nitrogen and oxygen atoms in total. The molecule has 4 N–H and O–H groups in total. The van der Waals surface area contributed by atoms with Gasteiger partial charge in [0, 0.05) is 24.7 Å². The quantitative estimate of drug-likeness (QED) is 0.152. The number of alkyl halides is 3. The molecule has 2 heterocycles. The van der Waals surface area contributed by atoms with Crippen LogP contribution in [0, 0.1) is 6.92 Å². The molecule has 260 valence electrons. The van der Waals surface area contributed by atoms with Crippen LogP contribution in [0.2, 0.25) is 0 Å². The normalized spacial score (nSPS) is 20.5.